The minimum absolute atomic E-state index is 0.0788. The summed E-state index contributed by atoms with van der Waals surface area (Å²) in [7, 11) is 1.58. The lowest BCUT2D eigenvalue weighted by Gasteiger charge is -2.26. The first-order chi connectivity index (χ1) is 8.70. The van der Waals surface area contributed by atoms with Gasteiger partial charge in [0.15, 0.2) is 5.78 Å². The van der Waals surface area contributed by atoms with E-state index in [0.717, 1.165) is 17.6 Å². The lowest BCUT2D eigenvalue weighted by molar-refractivity contribution is 0.0370. The fourth-order valence-corrected chi connectivity index (χ4v) is 2.31. The van der Waals surface area contributed by atoms with Crippen LogP contribution in [0.4, 0.5) is 0 Å². The maximum absolute atomic E-state index is 12.3. The highest BCUT2D eigenvalue weighted by molar-refractivity contribution is 9.10. The summed E-state index contributed by atoms with van der Waals surface area (Å²) in [6, 6.07) is 5.47. The quantitative estimate of drug-likeness (QED) is 0.797. The van der Waals surface area contributed by atoms with Crippen molar-refractivity contribution in [3.8, 4) is 5.75 Å². The molecule has 18 heavy (non-hydrogen) atoms. The van der Waals surface area contributed by atoms with Gasteiger partial charge < -0.3 is 9.47 Å². The number of halogens is 1. The van der Waals surface area contributed by atoms with Crippen LogP contribution in [-0.4, -0.2) is 50.6 Å². The van der Waals surface area contributed by atoms with Crippen LogP contribution < -0.4 is 4.74 Å². The molecule has 1 heterocycles. The number of carbonyl (C=O) groups excluding carboxylic acids is 1. The second kappa shape index (κ2) is 6.31. The van der Waals surface area contributed by atoms with E-state index in [1.165, 1.54) is 0 Å². The molecule has 0 amide bonds. The van der Waals surface area contributed by atoms with Crippen molar-refractivity contribution < 1.29 is 14.3 Å². The van der Waals surface area contributed by atoms with Gasteiger partial charge in [0.1, 0.15) is 5.75 Å². The zero-order valence-corrected chi connectivity index (χ0v) is 11.9. The number of hydrogen-bond donors (Lipinski definition) is 0. The van der Waals surface area contributed by atoms with E-state index in [1.54, 1.807) is 13.2 Å². The molecule has 0 spiro atoms. The van der Waals surface area contributed by atoms with Crippen LogP contribution in [0.25, 0.3) is 0 Å². The second-order valence-electron chi connectivity index (χ2n) is 4.16. The molecule has 5 heteroatoms. The molecule has 98 valence electrons. The molecule has 0 atom stereocenters. The van der Waals surface area contributed by atoms with Crippen LogP contribution >= 0.6 is 15.9 Å². The summed E-state index contributed by atoms with van der Waals surface area (Å²) < 4.78 is 11.4. The van der Waals surface area contributed by atoms with Crippen molar-refractivity contribution >= 4 is 21.7 Å². The van der Waals surface area contributed by atoms with E-state index < -0.39 is 0 Å². The van der Waals surface area contributed by atoms with Crippen LogP contribution in [0.3, 0.4) is 0 Å². The number of hydrogen-bond acceptors (Lipinski definition) is 4. The lowest BCUT2D eigenvalue weighted by atomic mass is 10.1. The Kier molecular flexibility index (Phi) is 4.74. The number of carbonyl (C=O) groups is 1. The van der Waals surface area contributed by atoms with Gasteiger partial charge in [-0.1, -0.05) is 15.9 Å². The number of rotatable bonds is 4. The number of Topliss-reactive ketones (excluding diaryl/α,β-unsaturated/α-hetero) is 1. The van der Waals surface area contributed by atoms with Gasteiger partial charge in [0.2, 0.25) is 0 Å². The predicted molar refractivity (Wildman–Crippen MR) is 72.3 cm³/mol. The second-order valence-corrected chi connectivity index (χ2v) is 5.07. The fourth-order valence-electron chi connectivity index (χ4n) is 1.95. The van der Waals surface area contributed by atoms with Gasteiger partial charge in [0, 0.05) is 17.6 Å². The molecule has 0 unspecified atom stereocenters. The van der Waals surface area contributed by atoms with E-state index in [9.17, 15) is 4.79 Å². The average Bonchev–Trinajstić information content (AvgIpc) is 2.40. The molecular weight excluding hydrogens is 298 g/mol. The lowest BCUT2D eigenvalue weighted by Crippen LogP contribution is -2.39. The van der Waals surface area contributed by atoms with E-state index >= 15 is 0 Å². The Morgan fingerprint density at radius 3 is 2.83 bits per heavy atom. The predicted octanol–water partition coefficient (Wildman–Crippen LogP) is 1.97. The third-order valence-electron chi connectivity index (χ3n) is 2.93. The Morgan fingerprint density at radius 2 is 2.17 bits per heavy atom. The molecule has 2 rings (SSSR count). The summed E-state index contributed by atoms with van der Waals surface area (Å²) in [4.78, 5) is 14.4. The first-order valence-electron chi connectivity index (χ1n) is 5.87. The molecule has 0 saturated carbocycles. The first kappa shape index (κ1) is 13.5. The average molecular weight is 314 g/mol. The molecule has 0 aliphatic carbocycles. The molecule has 1 aromatic rings. The van der Waals surface area contributed by atoms with Crippen molar-refractivity contribution in [3.05, 3.63) is 28.2 Å². The van der Waals surface area contributed by atoms with Gasteiger partial charge in [-0.05, 0) is 18.2 Å². The zero-order valence-electron chi connectivity index (χ0n) is 10.3. The van der Waals surface area contributed by atoms with Gasteiger partial charge in [-0.2, -0.15) is 0 Å². The van der Waals surface area contributed by atoms with E-state index in [4.69, 9.17) is 9.47 Å². The number of ether oxygens (including phenoxy) is 2. The van der Waals surface area contributed by atoms with Gasteiger partial charge in [0.25, 0.3) is 0 Å². The van der Waals surface area contributed by atoms with Gasteiger partial charge in [-0.25, -0.2) is 0 Å². The van der Waals surface area contributed by atoms with Crippen molar-refractivity contribution in [2.45, 2.75) is 0 Å². The summed E-state index contributed by atoms with van der Waals surface area (Å²) in [5.41, 5.74) is 0.623. The molecular formula is C13H16BrNO3. The molecule has 0 radical (unpaired) electrons. The SMILES string of the molecule is COc1ccc(Br)cc1C(=O)CN1CCOCC1. The molecule has 0 N–H and O–H groups in total. The van der Waals surface area contributed by atoms with Crippen molar-refractivity contribution in [1.82, 2.24) is 4.90 Å². The molecule has 4 nitrogen and oxygen atoms in total. The van der Waals surface area contributed by atoms with Crippen molar-refractivity contribution in [3.63, 3.8) is 0 Å². The highest BCUT2D eigenvalue weighted by Crippen LogP contribution is 2.23. The maximum atomic E-state index is 12.3. The highest BCUT2D eigenvalue weighted by Gasteiger charge is 2.18. The molecule has 1 aliphatic heterocycles. The minimum atomic E-state index is 0.0788. The Labute approximate surface area is 115 Å². The summed E-state index contributed by atoms with van der Waals surface area (Å²) in [5.74, 6) is 0.700. The highest BCUT2D eigenvalue weighted by atomic mass is 79.9. The molecule has 0 aromatic heterocycles. The first-order valence-corrected chi connectivity index (χ1v) is 6.67. The van der Waals surface area contributed by atoms with Crippen LogP contribution in [0.5, 0.6) is 5.75 Å². The maximum Gasteiger partial charge on any atom is 0.180 e. The van der Waals surface area contributed by atoms with Gasteiger partial charge >= 0.3 is 0 Å². The number of morpholine rings is 1. The molecule has 1 aliphatic rings. The minimum Gasteiger partial charge on any atom is -0.496 e. The summed E-state index contributed by atoms with van der Waals surface area (Å²) in [5, 5.41) is 0. The van der Waals surface area contributed by atoms with Gasteiger partial charge in [0.05, 0.1) is 32.4 Å². The third kappa shape index (κ3) is 3.31. The fraction of sp³-hybridized carbons (Fsp3) is 0.462. The number of ketones is 1. The zero-order chi connectivity index (χ0) is 13.0. The molecule has 1 aromatic carbocycles. The van der Waals surface area contributed by atoms with Crippen LogP contribution in [0.1, 0.15) is 10.4 Å². The summed E-state index contributed by atoms with van der Waals surface area (Å²) in [6.07, 6.45) is 0. The normalized spacial score (nSPS) is 16.6. The smallest absolute Gasteiger partial charge is 0.180 e. The standard InChI is InChI=1S/C13H16BrNO3/c1-17-13-3-2-10(14)8-11(13)12(16)9-15-4-6-18-7-5-15/h2-3,8H,4-7,9H2,1H3. The summed E-state index contributed by atoms with van der Waals surface area (Å²) in [6.45, 7) is 3.42. The van der Waals surface area contributed by atoms with Crippen molar-refractivity contribution in [2.24, 2.45) is 0 Å². The van der Waals surface area contributed by atoms with Crippen LogP contribution in [0, 0.1) is 0 Å². The monoisotopic (exact) mass is 313 g/mol. The van der Waals surface area contributed by atoms with E-state index in [1.807, 2.05) is 12.1 Å². The van der Waals surface area contributed by atoms with Crippen LogP contribution in [0.2, 0.25) is 0 Å². The number of benzene rings is 1. The topological polar surface area (TPSA) is 38.8 Å². The molecule has 1 saturated heterocycles. The Bertz CT molecular complexity index is 430. The van der Waals surface area contributed by atoms with Gasteiger partial charge in [-0.15, -0.1) is 0 Å². The summed E-state index contributed by atoms with van der Waals surface area (Å²) >= 11 is 3.38. The number of methoxy groups -OCH3 is 1. The molecule has 0 bridgehead atoms. The third-order valence-corrected chi connectivity index (χ3v) is 3.43. The Morgan fingerprint density at radius 1 is 1.44 bits per heavy atom. The molecule has 1 fully saturated rings. The largest absolute Gasteiger partial charge is 0.496 e. The number of nitrogens with zero attached hydrogens (tertiary/aromatic N) is 1. The van der Waals surface area contributed by atoms with Crippen LogP contribution in [0.15, 0.2) is 22.7 Å². The van der Waals surface area contributed by atoms with Gasteiger partial charge in [-0.3, -0.25) is 9.69 Å². The van der Waals surface area contributed by atoms with E-state index in [-0.39, 0.29) is 5.78 Å². The Balaban J connectivity index is 2.09. The Hall–Kier alpha value is -0.910. The van der Waals surface area contributed by atoms with E-state index in [2.05, 4.69) is 20.8 Å². The van der Waals surface area contributed by atoms with Crippen LogP contribution in [-0.2, 0) is 4.74 Å². The van der Waals surface area contributed by atoms with Crippen molar-refractivity contribution in [1.29, 1.82) is 0 Å². The van der Waals surface area contributed by atoms with E-state index in [0.29, 0.717) is 31.1 Å². The van der Waals surface area contributed by atoms with Crippen molar-refractivity contribution in [2.75, 3.05) is 40.0 Å².